The van der Waals surface area contributed by atoms with E-state index in [2.05, 4.69) is 15.3 Å². The molecule has 30 heavy (non-hydrogen) atoms. The number of hydrazone groups is 1. The Kier molecular flexibility index (Phi) is 6.45. The molecule has 0 bridgehead atoms. The minimum absolute atomic E-state index is 0.0564. The van der Waals surface area contributed by atoms with Gasteiger partial charge in [0.25, 0.3) is 5.91 Å². The van der Waals surface area contributed by atoms with Crippen LogP contribution in [0.4, 0.5) is 5.69 Å². The van der Waals surface area contributed by atoms with Gasteiger partial charge in [0, 0.05) is 49.7 Å². The second-order valence-corrected chi connectivity index (χ2v) is 11.3. The monoisotopic (exact) mass is 450 g/mol. The normalized spacial score (nSPS) is 24.5. The number of hydrogen-bond acceptors (Lipinski definition) is 7. The van der Waals surface area contributed by atoms with Gasteiger partial charge in [0.05, 0.1) is 17.5 Å². The van der Waals surface area contributed by atoms with Crippen LogP contribution in [0.15, 0.2) is 29.4 Å². The van der Waals surface area contributed by atoms with E-state index in [-0.39, 0.29) is 41.9 Å². The van der Waals surface area contributed by atoms with Crippen LogP contribution in [0.25, 0.3) is 0 Å². The number of para-hydroxylation sites is 1. The van der Waals surface area contributed by atoms with E-state index in [0.717, 1.165) is 42.4 Å². The average Bonchev–Trinajstić information content (AvgIpc) is 3.10. The summed E-state index contributed by atoms with van der Waals surface area (Å²) in [5.41, 5.74) is 2.06. The summed E-state index contributed by atoms with van der Waals surface area (Å²) in [7, 11) is -3.14. The molecule has 1 unspecified atom stereocenters. The van der Waals surface area contributed by atoms with Gasteiger partial charge in [-0.1, -0.05) is 18.2 Å². The first-order valence-electron chi connectivity index (χ1n) is 10.2. The molecule has 1 aromatic rings. The van der Waals surface area contributed by atoms with Gasteiger partial charge < -0.3 is 5.32 Å². The molecule has 1 aromatic carbocycles. The summed E-state index contributed by atoms with van der Waals surface area (Å²) in [6.45, 7) is 2.83. The SMILES string of the molecule is O=C(Nc1ccccc1CN1CCSCC1)C1=NN(C2CCS(=O)(=O)C2)C(=O)CC1. The van der Waals surface area contributed by atoms with Crippen LogP contribution >= 0.6 is 11.8 Å². The van der Waals surface area contributed by atoms with Crippen LogP contribution in [0.2, 0.25) is 0 Å². The number of carbonyl (C=O) groups excluding carboxylic acids is 2. The van der Waals surface area contributed by atoms with E-state index in [1.807, 2.05) is 36.0 Å². The van der Waals surface area contributed by atoms with Crippen LogP contribution in [0.1, 0.15) is 24.8 Å². The molecule has 3 aliphatic heterocycles. The van der Waals surface area contributed by atoms with Crippen LogP contribution in [0.3, 0.4) is 0 Å². The van der Waals surface area contributed by atoms with E-state index in [9.17, 15) is 18.0 Å². The molecule has 162 valence electrons. The first-order valence-corrected chi connectivity index (χ1v) is 13.2. The Morgan fingerprint density at radius 2 is 1.97 bits per heavy atom. The van der Waals surface area contributed by atoms with Gasteiger partial charge in [-0.2, -0.15) is 16.9 Å². The Labute approximate surface area is 181 Å². The van der Waals surface area contributed by atoms with Gasteiger partial charge in [-0.25, -0.2) is 13.4 Å². The molecule has 0 spiro atoms. The van der Waals surface area contributed by atoms with Crippen LogP contribution in [-0.4, -0.2) is 78.0 Å². The Balaban J connectivity index is 1.47. The van der Waals surface area contributed by atoms with Crippen molar-refractivity contribution in [3.05, 3.63) is 29.8 Å². The van der Waals surface area contributed by atoms with Crippen LogP contribution in [0.5, 0.6) is 0 Å². The summed E-state index contributed by atoms with van der Waals surface area (Å²) in [5, 5.41) is 8.44. The number of rotatable bonds is 5. The van der Waals surface area contributed by atoms with Crippen LogP contribution in [-0.2, 0) is 26.0 Å². The summed E-state index contributed by atoms with van der Waals surface area (Å²) in [6, 6.07) is 7.26. The first kappa shape index (κ1) is 21.3. The zero-order valence-corrected chi connectivity index (χ0v) is 18.4. The number of carbonyl (C=O) groups is 2. The zero-order chi connectivity index (χ0) is 21.1. The van der Waals surface area contributed by atoms with E-state index in [0.29, 0.717) is 6.42 Å². The van der Waals surface area contributed by atoms with Crippen molar-refractivity contribution in [2.24, 2.45) is 5.10 Å². The van der Waals surface area contributed by atoms with Crippen molar-refractivity contribution in [1.29, 1.82) is 0 Å². The molecule has 8 nitrogen and oxygen atoms in total. The molecule has 2 saturated heterocycles. The van der Waals surface area contributed by atoms with Gasteiger partial charge in [0.2, 0.25) is 5.91 Å². The number of thioether (sulfide) groups is 1. The largest absolute Gasteiger partial charge is 0.321 e. The van der Waals surface area contributed by atoms with Crippen molar-refractivity contribution in [2.45, 2.75) is 31.8 Å². The van der Waals surface area contributed by atoms with Crippen molar-refractivity contribution in [3.8, 4) is 0 Å². The molecule has 1 N–H and O–H groups in total. The fourth-order valence-corrected chi connectivity index (χ4v) is 6.63. The minimum Gasteiger partial charge on any atom is -0.321 e. The maximum Gasteiger partial charge on any atom is 0.271 e. The molecular formula is C20H26N4O4S2. The summed E-state index contributed by atoms with van der Waals surface area (Å²) in [4.78, 5) is 27.5. The van der Waals surface area contributed by atoms with Gasteiger partial charge in [0.1, 0.15) is 5.71 Å². The number of benzene rings is 1. The highest BCUT2D eigenvalue weighted by atomic mass is 32.2. The summed E-state index contributed by atoms with van der Waals surface area (Å²) < 4.78 is 23.6. The quantitative estimate of drug-likeness (QED) is 0.727. The zero-order valence-electron chi connectivity index (χ0n) is 16.7. The maximum absolute atomic E-state index is 12.9. The lowest BCUT2D eigenvalue weighted by atomic mass is 10.1. The van der Waals surface area contributed by atoms with E-state index >= 15 is 0 Å². The predicted molar refractivity (Wildman–Crippen MR) is 118 cm³/mol. The van der Waals surface area contributed by atoms with Gasteiger partial charge in [-0.05, 0) is 18.1 Å². The molecule has 0 aromatic heterocycles. The molecule has 3 heterocycles. The van der Waals surface area contributed by atoms with Crippen LogP contribution < -0.4 is 5.32 Å². The number of hydrogen-bond donors (Lipinski definition) is 1. The predicted octanol–water partition coefficient (Wildman–Crippen LogP) is 1.34. The average molecular weight is 451 g/mol. The standard InChI is InChI=1S/C20H26N4O4S2/c25-19-6-5-18(22-24(19)16-7-12-30(27,28)14-16)20(26)21-17-4-2-1-3-15(17)13-23-8-10-29-11-9-23/h1-4,16H,5-14H2,(H,21,26). The smallest absolute Gasteiger partial charge is 0.271 e. The van der Waals surface area contributed by atoms with Gasteiger partial charge in [0.15, 0.2) is 9.84 Å². The third-order valence-electron chi connectivity index (χ3n) is 5.64. The molecule has 4 rings (SSSR count). The Morgan fingerprint density at radius 1 is 1.20 bits per heavy atom. The molecule has 3 aliphatic rings. The molecule has 0 radical (unpaired) electrons. The lowest BCUT2D eigenvalue weighted by Crippen LogP contribution is -2.42. The van der Waals surface area contributed by atoms with Crippen molar-refractivity contribution in [3.63, 3.8) is 0 Å². The molecular weight excluding hydrogens is 424 g/mol. The topological polar surface area (TPSA) is 99.2 Å². The summed E-state index contributed by atoms with van der Waals surface area (Å²) >= 11 is 1.96. The fraction of sp³-hybridized carbons (Fsp3) is 0.550. The number of sulfone groups is 1. The van der Waals surface area contributed by atoms with Crippen molar-refractivity contribution < 1.29 is 18.0 Å². The third kappa shape index (κ3) is 5.04. The highest BCUT2D eigenvalue weighted by Gasteiger charge is 2.37. The highest BCUT2D eigenvalue weighted by Crippen LogP contribution is 2.24. The maximum atomic E-state index is 12.9. The van der Waals surface area contributed by atoms with Crippen molar-refractivity contribution in [2.75, 3.05) is 41.4 Å². The third-order valence-corrected chi connectivity index (χ3v) is 8.33. The molecule has 0 saturated carbocycles. The number of anilines is 1. The Morgan fingerprint density at radius 3 is 2.70 bits per heavy atom. The highest BCUT2D eigenvalue weighted by molar-refractivity contribution is 7.99. The van der Waals surface area contributed by atoms with E-state index in [1.54, 1.807) is 0 Å². The summed E-state index contributed by atoms with van der Waals surface area (Å²) in [6.07, 6.45) is 0.783. The lowest BCUT2D eigenvalue weighted by Gasteiger charge is -2.28. The van der Waals surface area contributed by atoms with Crippen LogP contribution in [0, 0.1) is 0 Å². The van der Waals surface area contributed by atoms with Gasteiger partial charge in [-0.15, -0.1) is 0 Å². The Hall–Kier alpha value is -1.91. The molecule has 10 heteroatoms. The van der Waals surface area contributed by atoms with Gasteiger partial charge in [-0.3, -0.25) is 14.5 Å². The molecule has 1 atom stereocenters. The number of nitrogens with zero attached hydrogens (tertiary/aromatic N) is 3. The van der Waals surface area contributed by atoms with Crippen molar-refractivity contribution in [1.82, 2.24) is 9.91 Å². The molecule has 0 aliphatic carbocycles. The number of nitrogens with one attached hydrogen (secondary N) is 1. The first-order chi connectivity index (χ1) is 14.4. The number of amides is 2. The van der Waals surface area contributed by atoms with E-state index in [1.165, 1.54) is 5.01 Å². The van der Waals surface area contributed by atoms with Gasteiger partial charge >= 0.3 is 0 Å². The summed E-state index contributed by atoms with van der Waals surface area (Å²) in [5.74, 6) is 1.64. The second-order valence-electron chi connectivity index (χ2n) is 7.84. The molecule has 2 amide bonds. The minimum atomic E-state index is -3.14. The molecule has 2 fully saturated rings. The lowest BCUT2D eigenvalue weighted by molar-refractivity contribution is -0.133. The van der Waals surface area contributed by atoms with Crippen molar-refractivity contribution >= 4 is 44.8 Å². The van der Waals surface area contributed by atoms with E-state index < -0.39 is 15.9 Å². The fourth-order valence-electron chi connectivity index (χ4n) is 3.96. The Bertz CT molecular complexity index is 957. The second kappa shape index (κ2) is 9.07. The van der Waals surface area contributed by atoms with E-state index in [4.69, 9.17) is 0 Å².